The summed E-state index contributed by atoms with van der Waals surface area (Å²) in [5, 5.41) is 13.4. The van der Waals surface area contributed by atoms with E-state index in [1.807, 2.05) is 0 Å². The molecular formula is C11H19N5O2. The fourth-order valence-corrected chi connectivity index (χ4v) is 2.26. The first kappa shape index (κ1) is 12.8. The summed E-state index contributed by atoms with van der Waals surface area (Å²) in [6, 6.07) is 0. The van der Waals surface area contributed by atoms with Crippen LogP contribution in [-0.2, 0) is 11.3 Å². The Kier molecular flexibility index (Phi) is 3.81. The Hall–Kier alpha value is -1.63. The van der Waals surface area contributed by atoms with Crippen LogP contribution in [0.5, 0.6) is 0 Å². The maximum atomic E-state index is 12.0. The smallest absolute Gasteiger partial charge is 0.244 e. The summed E-state index contributed by atoms with van der Waals surface area (Å²) in [5.74, 6) is 0.496. The number of hydrogen-bond donors (Lipinski definition) is 2. The average Bonchev–Trinajstić information content (AvgIpc) is 2.75. The van der Waals surface area contributed by atoms with Gasteiger partial charge < -0.3 is 15.7 Å². The molecule has 18 heavy (non-hydrogen) atoms. The molecule has 0 saturated carbocycles. The lowest BCUT2D eigenvalue weighted by atomic mass is 9.92. The first-order chi connectivity index (χ1) is 8.56. The molecule has 1 unspecified atom stereocenters. The maximum absolute atomic E-state index is 12.0. The first-order valence-corrected chi connectivity index (χ1v) is 6.17. The van der Waals surface area contributed by atoms with Crippen LogP contribution in [0.25, 0.3) is 0 Å². The van der Waals surface area contributed by atoms with Crippen LogP contribution in [0.2, 0.25) is 0 Å². The predicted molar refractivity (Wildman–Crippen MR) is 65.4 cm³/mol. The van der Waals surface area contributed by atoms with E-state index in [2.05, 4.69) is 10.1 Å². The monoisotopic (exact) mass is 253 g/mol. The summed E-state index contributed by atoms with van der Waals surface area (Å²) in [5.41, 5.74) is 5.39. The lowest BCUT2D eigenvalue weighted by Crippen LogP contribution is -2.42. The molecule has 1 amide bonds. The molecule has 1 aliphatic rings. The van der Waals surface area contributed by atoms with E-state index in [1.165, 1.54) is 11.0 Å². The van der Waals surface area contributed by atoms with Crippen LogP contribution in [0.3, 0.4) is 0 Å². The number of aliphatic hydroxyl groups is 1. The minimum absolute atomic E-state index is 0.0175. The van der Waals surface area contributed by atoms with Crippen LogP contribution in [0.15, 0.2) is 6.33 Å². The van der Waals surface area contributed by atoms with E-state index in [-0.39, 0.29) is 24.5 Å². The molecule has 7 nitrogen and oxygen atoms in total. The normalized spacial score (nSPS) is 18.9. The zero-order valence-corrected chi connectivity index (χ0v) is 10.5. The minimum Gasteiger partial charge on any atom is -0.393 e. The number of rotatable bonds is 3. The highest BCUT2D eigenvalue weighted by Gasteiger charge is 2.25. The van der Waals surface area contributed by atoms with Crippen LogP contribution in [0.1, 0.15) is 19.8 Å². The Morgan fingerprint density at radius 2 is 2.28 bits per heavy atom. The van der Waals surface area contributed by atoms with E-state index < -0.39 is 0 Å². The summed E-state index contributed by atoms with van der Waals surface area (Å²) in [6.45, 7) is 3.36. The number of carbonyl (C=O) groups excluding carboxylic acids is 1. The molecular weight excluding hydrogens is 234 g/mol. The highest BCUT2D eigenvalue weighted by atomic mass is 16.3. The van der Waals surface area contributed by atoms with E-state index >= 15 is 0 Å². The third-order valence-corrected chi connectivity index (χ3v) is 3.43. The molecule has 1 aliphatic heterocycles. The Balaban J connectivity index is 1.84. The zero-order valence-electron chi connectivity index (χ0n) is 10.5. The van der Waals surface area contributed by atoms with Crippen molar-refractivity contribution in [2.24, 2.45) is 5.92 Å². The summed E-state index contributed by atoms with van der Waals surface area (Å²) in [6.07, 6.45) is 2.86. The molecule has 3 N–H and O–H groups in total. The number of anilines is 1. The molecule has 0 aromatic carbocycles. The number of aliphatic hydroxyl groups excluding tert-OH is 1. The molecule has 0 bridgehead atoms. The number of amides is 1. The lowest BCUT2D eigenvalue weighted by molar-refractivity contribution is -0.134. The van der Waals surface area contributed by atoms with Gasteiger partial charge in [0.2, 0.25) is 11.9 Å². The standard InChI is InChI=1S/C11H19N5O2/c1-8(17)9-2-4-15(5-3-9)10(18)6-16-7-13-11(12)14-16/h7-9,17H,2-6H2,1H3,(H2,12,14). The summed E-state index contributed by atoms with van der Waals surface area (Å²) in [7, 11) is 0. The molecule has 0 spiro atoms. The maximum Gasteiger partial charge on any atom is 0.244 e. The predicted octanol–water partition coefficient (Wildman–Crippen LogP) is -0.520. The van der Waals surface area contributed by atoms with Gasteiger partial charge >= 0.3 is 0 Å². The number of piperidine rings is 1. The van der Waals surface area contributed by atoms with Crippen molar-refractivity contribution >= 4 is 11.9 Å². The van der Waals surface area contributed by atoms with Crippen molar-refractivity contribution in [3.8, 4) is 0 Å². The van der Waals surface area contributed by atoms with Gasteiger partial charge in [0.05, 0.1) is 6.10 Å². The van der Waals surface area contributed by atoms with Crippen LogP contribution >= 0.6 is 0 Å². The second kappa shape index (κ2) is 5.34. The molecule has 0 radical (unpaired) electrons. The molecule has 1 saturated heterocycles. The van der Waals surface area contributed by atoms with Crippen molar-refractivity contribution in [2.75, 3.05) is 18.8 Å². The molecule has 1 aromatic heterocycles. The molecule has 1 fully saturated rings. The van der Waals surface area contributed by atoms with Crippen molar-refractivity contribution < 1.29 is 9.90 Å². The van der Waals surface area contributed by atoms with Gasteiger partial charge in [0.1, 0.15) is 12.9 Å². The zero-order chi connectivity index (χ0) is 13.1. The van der Waals surface area contributed by atoms with Crippen LogP contribution in [0, 0.1) is 5.92 Å². The van der Waals surface area contributed by atoms with E-state index in [1.54, 1.807) is 11.8 Å². The fourth-order valence-electron chi connectivity index (χ4n) is 2.26. The summed E-state index contributed by atoms with van der Waals surface area (Å²) >= 11 is 0. The van der Waals surface area contributed by atoms with E-state index in [0.717, 1.165) is 12.8 Å². The van der Waals surface area contributed by atoms with Gasteiger partial charge in [0.15, 0.2) is 0 Å². The van der Waals surface area contributed by atoms with Crippen molar-refractivity contribution in [3.05, 3.63) is 6.33 Å². The number of hydrogen-bond acceptors (Lipinski definition) is 5. The Bertz CT molecular complexity index is 409. The molecule has 1 aromatic rings. The lowest BCUT2D eigenvalue weighted by Gasteiger charge is -2.33. The van der Waals surface area contributed by atoms with Crippen molar-refractivity contribution in [2.45, 2.75) is 32.4 Å². The molecule has 2 heterocycles. The summed E-state index contributed by atoms with van der Waals surface area (Å²) in [4.78, 5) is 17.6. The molecule has 2 rings (SSSR count). The molecule has 100 valence electrons. The van der Waals surface area contributed by atoms with Gasteiger partial charge in [0, 0.05) is 13.1 Å². The number of nitrogen functional groups attached to an aromatic ring is 1. The number of nitrogens with zero attached hydrogens (tertiary/aromatic N) is 4. The average molecular weight is 253 g/mol. The topological polar surface area (TPSA) is 97.3 Å². The van der Waals surface area contributed by atoms with Crippen LogP contribution < -0.4 is 5.73 Å². The van der Waals surface area contributed by atoms with E-state index in [9.17, 15) is 9.90 Å². The van der Waals surface area contributed by atoms with Gasteiger partial charge in [-0.05, 0) is 25.7 Å². The van der Waals surface area contributed by atoms with E-state index in [4.69, 9.17) is 5.73 Å². The highest BCUT2D eigenvalue weighted by molar-refractivity contribution is 5.76. The molecule has 7 heteroatoms. The van der Waals surface area contributed by atoms with Crippen LogP contribution in [0.4, 0.5) is 5.95 Å². The first-order valence-electron chi connectivity index (χ1n) is 6.17. The second-order valence-electron chi connectivity index (χ2n) is 4.76. The van der Waals surface area contributed by atoms with Crippen molar-refractivity contribution in [1.82, 2.24) is 19.7 Å². The van der Waals surface area contributed by atoms with Crippen molar-refractivity contribution in [1.29, 1.82) is 0 Å². The summed E-state index contributed by atoms with van der Waals surface area (Å²) < 4.78 is 1.44. The van der Waals surface area contributed by atoms with Gasteiger partial charge in [0.25, 0.3) is 0 Å². The highest BCUT2D eigenvalue weighted by Crippen LogP contribution is 2.20. The number of aromatic nitrogens is 3. The SMILES string of the molecule is CC(O)C1CCN(C(=O)Cn2cnc(N)n2)CC1. The number of nitrogens with two attached hydrogens (primary N) is 1. The quantitative estimate of drug-likeness (QED) is 0.755. The number of carbonyl (C=O) groups is 1. The van der Waals surface area contributed by atoms with Gasteiger partial charge in [-0.15, -0.1) is 5.10 Å². The largest absolute Gasteiger partial charge is 0.393 e. The van der Waals surface area contributed by atoms with Gasteiger partial charge in [-0.1, -0.05) is 0 Å². The third kappa shape index (κ3) is 2.98. The number of likely N-dealkylation sites (tertiary alicyclic amines) is 1. The fraction of sp³-hybridized carbons (Fsp3) is 0.727. The molecule has 1 atom stereocenters. The van der Waals surface area contributed by atoms with E-state index in [0.29, 0.717) is 19.0 Å². The van der Waals surface area contributed by atoms with Gasteiger partial charge in [-0.25, -0.2) is 9.67 Å². The third-order valence-electron chi connectivity index (χ3n) is 3.43. The van der Waals surface area contributed by atoms with Crippen LogP contribution in [-0.4, -0.2) is 49.9 Å². The van der Waals surface area contributed by atoms with Crippen molar-refractivity contribution in [3.63, 3.8) is 0 Å². The van der Waals surface area contributed by atoms with Gasteiger partial charge in [-0.2, -0.15) is 0 Å². The minimum atomic E-state index is -0.294. The second-order valence-corrected chi connectivity index (χ2v) is 4.76. The Morgan fingerprint density at radius 3 is 2.78 bits per heavy atom. The Morgan fingerprint density at radius 1 is 1.61 bits per heavy atom. The van der Waals surface area contributed by atoms with Gasteiger partial charge in [-0.3, -0.25) is 4.79 Å². The Labute approximate surface area is 106 Å². The molecule has 0 aliphatic carbocycles.